The molecule has 1 unspecified atom stereocenters. The van der Waals surface area contributed by atoms with E-state index in [1.807, 2.05) is 37.3 Å². The highest BCUT2D eigenvalue weighted by Crippen LogP contribution is 2.28. The van der Waals surface area contributed by atoms with Gasteiger partial charge in [-0.3, -0.25) is 0 Å². The Balaban J connectivity index is 1.84. The van der Waals surface area contributed by atoms with Crippen LogP contribution in [0.25, 0.3) is 0 Å². The first-order valence-corrected chi connectivity index (χ1v) is 6.41. The molecule has 2 aromatic carbocycles. The smallest absolute Gasteiger partial charge is 0.124 e. The number of benzene rings is 2. The molecule has 1 heterocycles. The lowest BCUT2D eigenvalue weighted by molar-refractivity contribution is 0.474. The molecule has 0 aromatic heterocycles. The molecule has 3 heteroatoms. The molecule has 0 aliphatic carbocycles. The molecule has 0 amide bonds. The van der Waals surface area contributed by atoms with Crippen LogP contribution in [0, 0.1) is 6.92 Å². The molecule has 96 valence electrons. The van der Waals surface area contributed by atoms with Gasteiger partial charge in [-0.05, 0) is 24.6 Å². The lowest BCUT2D eigenvalue weighted by atomic mass is 9.98. The Morgan fingerprint density at radius 1 is 1.16 bits per heavy atom. The normalized spacial score (nSPS) is 17.9. The Morgan fingerprint density at radius 2 is 1.95 bits per heavy atom. The molecule has 1 aliphatic rings. The maximum absolute atomic E-state index is 9.94. The minimum atomic E-state index is 0.191. The van der Waals surface area contributed by atoms with E-state index in [2.05, 4.69) is 22.7 Å². The standard InChI is InChI=1S/C16H16N2O/c1-11-7-8-16(19)13(9-11)15-10-14(17-18-15)12-5-3-2-4-6-12/h2-9,14,17,19H,10H2,1H3. The molecule has 1 atom stereocenters. The second-order valence-corrected chi connectivity index (χ2v) is 4.88. The number of phenols is 1. The molecule has 3 nitrogen and oxygen atoms in total. The number of aryl methyl sites for hydroxylation is 1. The number of rotatable bonds is 2. The summed E-state index contributed by atoms with van der Waals surface area (Å²) in [6, 6.07) is 16.0. The first-order valence-electron chi connectivity index (χ1n) is 6.41. The van der Waals surface area contributed by atoms with Crippen molar-refractivity contribution in [3.63, 3.8) is 0 Å². The van der Waals surface area contributed by atoms with E-state index in [0.29, 0.717) is 5.75 Å². The maximum Gasteiger partial charge on any atom is 0.124 e. The minimum Gasteiger partial charge on any atom is -0.507 e. The summed E-state index contributed by atoms with van der Waals surface area (Å²) >= 11 is 0. The van der Waals surface area contributed by atoms with Crippen LogP contribution in [0.15, 0.2) is 53.6 Å². The number of nitrogens with one attached hydrogen (secondary N) is 1. The fraction of sp³-hybridized carbons (Fsp3) is 0.188. The summed E-state index contributed by atoms with van der Waals surface area (Å²) in [6.07, 6.45) is 0.793. The first-order chi connectivity index (χ1) is 9.24. The topological polar surface area (TPSA) is 44.6 Å². The Morgan fingerprint density at radius 3 is 2.74 bits per heavy atom. The van der Waals surface area contributed by atoms with Gasteiger partial charge in [0.2, 0.25) is 0 Å². The molecule has 3 rings (SSSR count). The number of aromatic hydroxyl groups is 1. The fourth-order valence-electron chi connectivity index (χ4n) is 2.37. The number of hydrogen-bond acceptors (Lipinski definition) is 3. The lowest BCUT2D eigenvalue weighted by Gasteiger charge is -2.10. The predicted molar refractivity (Wildman–Crippen MR) is 76.3 cm³/mol. The maximum atomic E-state index is 9.94. The van der Waals surface area contributed by atoms with Crippen molar-refractivity contribution in [1.29, 1.82) is 0 Å². The quantitative estimate of drug-likeness (QED) is 0.862. The van der Waals surface area contributed by atoms with Crippen LogP contribution in [0.1, 0.15) is 29.2 Å². The highest BCUT2D eigenvalue weighted by molar-refractivity contribution is 6.04. The Hall–Kier alpha value is -2.29. The van der Waals surface area contributed by atoms with Crippen molar-refractivity contribution in [3.8, 4) is 5.75 Å². The van der Waals surface area contributed by atoms with E-state index in [-0.39, 0.29) is 6.04 Å². The molecule has 0 saturated carbocycles. The lowest BCUT2D eigenvalue weighted by Crippen LogP contribution is -2.09. The highest BCUT2D eigenvalue weighted by atomic mass is 16.3. The van der Waals surface area contributed by atoms with Gasteiger partial charge in [0, 0.05) is 12.0 Å². The van der Waals surface area contributed by atoms with Gasteiger partial charge < -0.3 is 10.5 Å². The molecule has 0 saturated heterocycles. The molecule has 0 radical (unpaired) electrons. The third kappa shape index (κ3) is 2.32. The molecule has 0 fully saturated rings. The van der Waals surface area contributed by atoms with Gasteiger partial charge in [0.05, 0.1) is 11.8 Å². The van der Waals surface area contributed by atoms with E-state index in [4.69, 9.17) is 0 Å². The zero-order chi connectivity index (χ0) is 13.2. The van der Waals surface area contributed by atoms with Gasteiger partial charge >= 0.3 is 0 Å². The third-order valence-corrected chi connectivity index (χ3v) is 3.42. The van der Waals surface area contributed by atoms with Crippen molar-refractivity contribution >= 4 is 5.71 Å². The van der Waals surface area contributed by atoms with Crippen LogP contribution >= 0.6 is 0 Å². The molecular weight excluding hydrogens is 236 g/mol. The monoisotopic (exact) mass is 252 g/mol. The van der Waals surface area contributed by atoms with Gasteiger partial charge in [-0.25, -0.2) is 0 Å². The van der Waals surface area contributed by atoms with Gasteiger partial charge in [0.25, 0.3) is 0 Å². The summed E-state index contributed by atoms with van der Waals surface area (Å²) in [5.41, 5.74) is 7.22. The Kier molecular flexibility index (Phi) is 2.95. The van der Waals surface area contributed by atoms with Crippen molar-refractivity contribution < 1.29 is 5.11 Å². The second kappa shape index (κ2) is 4.76. The van der Waals surface area contributed by atoms with Crippen LogP contribution in [-0.2, 0) is 0 Å². The number of hydrogen-bond donors (Lipinski definition) is 2. The van der Waals surface area contributed by atoms with Gasteiger partial charge in [-0.1, -0.05) is 42.0 Å². The van der Waals surface area contributed by atoms with Gasteiger partial charge in [-0.15, -0.1) is 0 Å². The van der Waals surface area contributed by atoms with Crippen molar-refractivity contribution in [1.82, 2.24) is 5.43 Å². The van der Waals surface area contributed by atoms with Crippen LogP contribution in [0.5, 0.6) is 5.75 Å². The van der Waals surface area contributed by atoms with E-state index in [1.165, 1.54) is 5.56 Å². The minimum absolute atomic E-state index is 0.191. The summed E-state index contributed by atoms with van der Waals surface area (Å²) in [5.74, 6) is 0.292. The van der Waals surface area contributed by atoms with Crippen molar-refractivity contribution in [3.05, 3.63) is 65.2 Å². The molecule has 2 aromatic rings. The van der Waals surface area contributed by atoms with E-state index in [1.54, 1.807) is 6.07 Å². The molecule has 19 heavy (non-hydrogen) atoms. The Bertz CT molecular complexity index is 620. The van der Waals surface area contributed by atoms with Crippen LogP contribution in [0.4, 0.5) is 0 Å². The first kappa shape index (κ1) is 11.8. The van der Waals surface area contributed by atoms with E-state index >= 15 is 0 Å². The average Bonchev–Trinajstić information content (AvgIpc) is 2.92. The zero-order valence-electron chi connectivity index (χ0n) is 10.8. The van der Waals surface area contributed by atoms with Gasteiger partial charge in [0.15, 0.2) is 0 Å². The fourth-order valence-corrected chi connectivity index (χ4v) is 2.37. The molecule has 0 bridgehead atoms. The van der Waals surface area contributed by atoms with Crippen LogP contribution in [0.3, 0.4) is 0 Å². The summed E-state index contributed by atoms with van der Waals surface area (Å²) in [4.78, 5) is 0. The summed E-state index contributed by atoms with van der Waals surface area (Å²) < 4.78 is 0. The second-order valence-electron chi connectivity index (χ2n) is 4.88. The van der Waals surface area contributed by atoms with Crippen molar-refractivity contribution in [2.75, 3.05) is 0 Å². The van der Waals surface area contributed by atoms with Gasteiger partial charge in [-0.2, -0.15) is 5.10 Å². The predicted octanol–water partition coefficient (Wildman–Crippen LogP) is 3.14. The van der Waals surface area contributed by atoms with Crippen molar-refractivity contribution in [2.24, 2.45) is 5.10 Å². The highest BCUT2D eigenvalue weighted by Gasteiger charge is 2.22. The van der Waals surface area contributed by atoms with Crippen molar-refractivity contribution in [2.45, 2.75) is 19.4 Å². The number of phenolic OH excluding ortho intramolecular Hbond substituents is 1. The van der Waals surface area contributed by atoms with Crippen LogP contribution in [0.2, 0.25) is 0 Å². The molecule has 1 aliphatic heterocycles. The van der Waals surface area contributed by atoms with E-state index in [9.17, 15) is 5.11 Å². The van der Waals surface area contributed by atoms with Crippen LogP contribution in [-0.4, -0.2) is 10.8 Å². The summed E-state index contributed by atoms with van der Waals surface area (Å²) in [7, 11) is 0. The zero-order valence-corrected chi connectivity index (χ0v) is 10.8. The number of hydrazone groups is 1. The van der Waals surface area contributed by atoms with E-state index < -0.39 is 0 Å². The Labute approximate surface area is 112 Å². The molecule has 0 spiro atoms. The summed E-state index contributed by atoms with van der Waals surface area (Å²) in [5, 5.41) is 14.3. The average molecular weight is 252 g/mol. The van der Waals surface area contributed by atoms with E-state index in [0.717, 1.165) is 23.3 Å². The van der Waals surface area contributed by atoms with Gasteiger partial charge in [0.1, 0.15) is 5.75 Å². The summed E-state index contributed by atoms with van der Waals surface area (Å²) in [6.45, 7) is 2.01. The third-order valence-electron chi connectivity index (χ3n) is 3.42. The molecule has 2 N–H and O–H groups in total. The number of nitrogens with zero attached hydrogens (tertiary/aromatic N) is 1. The SMILES string of the molecule is Cc1ccc(O)c(C2=NNC(c3ccccc3)C2)c1. The largest absolute Gasteiger partial charge is 0.507 e. The molecular formula is C16H16N2O. The van der Waals surface area contributed by atoms with Crippen LogP contribution < -0.4 is 5.43 Å².